The lowest BCUT2D eigenvalue weighted by Crippen LogP contribution is -2.29. The first-order valence-electron chi connectivity index (χ1n) is 6.73. The van der Waals surface area contributed by atoms with Crippen molar-refractivity contribution in [3.05, 3.63) is 35.9 Å². The van der Waals surface area contributed by atoms with Crippen molar-refractivity contribution < 1.29 is 19.8 Å². The minimum absolute atomic E-state index is 0.0911. The lowest BCUT2D eigenvalue weighted by molar-refractivity contribution is -0.132. The highest BCUT2D eigenvalue weighted by Crippen LogP contribution is 2.14. The number of rotatable bonds is 7. The number of carbonyl (C=O) groups is 2. The third-order valence-corrected chi connectivity index (χ3v) is 2.81. The Bertz CT molecular complexity index is 526. The van der Waals surface area contributed by atoms with Gasteiger partial charge in [-0.2, -0.15) is 0 Å². The molecule has 0 aliphatic rings. The summed E-state index contributed by atoms with van der Waals surface area (Å²) in [5.41, 5.74) is 0.858. The zero-order valence-corrected chi connectivity index (χ0v) is 11.9. The van der Waals surface area contributed by atoms with Crippen molar-refractivity contribution >= 4 is 17.7 Å². The number of phenolic OH excluding ortho intramolecular Hbond substituents is 1. The van der Waals surface area contributed by atoms with Gasteiger partial charge in [0.15, 0.2) is 0 Å². The maximum atomic E-state index is 11.6. The van der Waals surface area contributed by atoms with Gasteiger partial charge in [0.1, 0.15) is 5.75 Å². The molecular weight excluding hydrogens is 272 g/mol. The monoisotopic (exact) mass is 292 g/mol. The molecule has 0 aromatic heterocycles. The van der Waals surface area contributed by atoms with E-state index in [1.807, 2.05) is 0 Å². The highest BCUT2D eigenvalue weighted by atomic mass is 16.4. The molecule has 0 aliphatic heterocycles. The van der Waals surface area contributed by atoms with Gasteiger partial charge in [0, 0.05) is 23.9 Å². The van der Waals surface area contributed by atoms with E-state index in [2.05, 4.69) is 10.6 Å². The Morgan fingerprint density at radius 1 is 1.29 bits per heavy atom. The molecule has 0 radical (unpaired) electrons. The standard InChI is InChI=1S/C15H20N2O4/c1-11(14(19)20)6-3-2-4-9-16-15(21)17-12-7-5-8-13(18)10-12/h5-8,10,18H,2-4,9H2,1H3,(H,19,20)(H2,16,17,21)/b11-6+. The first kappa shape index (κ1) is 16.6. The van der Waals surface area contributed by atoms with Crippen molar-refractivity contribution in [3.63, 3.8) is 0 Å². The molecule has 114 valence electrons. The smallest absolute Gasteiger partial charge is 0.330 e. The molecule has 1 aromatic carbocycles. The quantitative estimate of drug-likeness (QED) is 0.458. The molecule has 0 saturated carbocycles. The van der Waals surface area contributed by atoms with E-state index in [0.717, 1.165) is 12.8 Å². The van der Waals surface area contributed by atoms with E-state index in [9.17, 15) is 14.7 Å². The molecule has 0 heterocycles. The molecule has 0 saturated heterocycles. The fraction of sp³-hybridized carbons (Fsp3) is 0.333. The van der Waals surface area contributed by atoms with Crippen molar-refractivity contribution in [2.45, 2.75) is 26.2 Å². The molecule has 0 bridgehead atoms. The topological polar surface area (TPSA) is 98.7 Å². The van der Waals surface area contributed by atoms with Crippen LogP contribution in [0.15, 0.2) is 35.9 Å². The number of carboxylic acid groups (broad SMARTS) is 1. The van der Waals surface area contributed by atoms with E-state index < -0.39 is 5.97 Å². The molecule has 0 unspecified atom stereocenters. The number of carbonyl (C=O) groups excluding carboxylic acids is 1. The van der Waals surface area contributed by atoms with Crippen LogP contribution >= 0.6 is 0 Å². The highest BCUT2D eigenvalue weighted by Gasteiger charge is 2.01. The minimum atomic E-state index is -0.904. The van der Waals surface area contributed by atoms with Gasteiger partial charge < -0.3 is 20.8 Å². The zero-order chi connectivity index (χ0) is 15.7. The van der Waals surface area contributed by atoms with Crippen molar-refractivity contribution in [1.29, 1.82) is 0 Å². The van der Waals surface area contributed by atoms with Gasteiger partial charge in [-0.05, 0) is 38.3 Å². The van der Waals surface area contributed by atoms with Gasteiger partial charge in [0.05, 0.1) is 0 Å². The van der Waals surface area contributed by atoms with Gasteiger partial charge >= 0.3 is 12.0 Å². The Morgan fingerprint density at radius 2 is 2.05 bits per heavy atom. The summed E-state index contributed by atoms with van der Waals surface area (Å²) < 4.78 is 0. The second-order valence-electron chi connectivity index (χ2n) is 4.62. The maximum absolute atomic E-state index is 11.6. The van der Waals surface area contributed by atoms with E-state index in [1.54, 1.807) is 25.1 Å². The maximum Gasteiger partial charge on any atom is 0.330 e. The summed E-state index contributed by atoms with van der Waals surface area (Å²) in [5.74, 6) is -0.813. The number of hydrogen-bond donors (Lipinski definition) is 4. The zero-order valence-electron chi connectivity index (χ0n) is 11.9. The second kappa shape index (κ2) is 8.63. The highest BCUT2D eigenvalue weighted by molar-refractivity contribution is 5.89. The lowest BCUT2D eigenvalue weighted by Gasteiger charge is -2.07. The van der Waals surface area contributed by atoms with Crippen LogP contribution in [0.25, 0.3) is 0 Å². The van der Waals surface area contributed by atoms with Crippen LogP contribution in [-0.2, 0) is 4.79 Å². The Hall–Kier alpha value is -2.50. The summed E-state index contributed by atoms with van der Waals surface area (Å²) in [7, 11) is 0. The average molecular weight is 292 g/mol. The predicted molar refractivity (Wildman–Crippen MR) is 80.4 cm³/mol. The number of nitrogens with one attached hydrogen (secondary N) is 2. The Kier molecular flexibility index (Phi) is 6.80. The van der Waals surface area contributed by atoms with Crippen molar-refractivity contribution in [2.75, 3.05) is 11.9 Å². The number of urea groups is 1. The second-order valence-corrected chi connectivity index (χ2v) is 4.62. The number of anilines is 1. The van der Waals surface area contributed by atoms with Crippen molar-refractivity contribution in [3.8, 4) is 5.75 Å². The summed E-state index contributed by atoms with van der Waals surface area (Å²) >= 11 is 0. The van der Waals surface area contributed by atoms with Crippen molar-refractivity contribution in [1.82, 2.24) is 5.32 Å². The van der Waals surface area contributed by atoms with Crippen LogP contribution in [-0.4, -0.2) is 28.8 Å². The first-order chi connectivity index (χ1) is 9.99. The van der Waals surface area contributed by atoms with E-state index in [-0.39, 0.29) is 11.8 Å². The normalized spacial score (nSPS) is 11.0. The number of allylic oxidation sites excluding steroid dienone is 1. The predicted octanol–water partition coefficient (Wildman–Crippen LogP) is 2.71. The Balaban J connectivity index is 2.17. The number of aromatic hydroxyl groups is 1. The summed E-state index contributed by atoms with van der Waals surface area (Å²) in [6, 6.07) is 5.97. The lowest BCUT2D eigenvalue weighted by atomic mass is 10.2. The SMILES string of the molecule is C/C(=C\CCCCNC(=O)Nc1cccc(O)c1)C(=O)O. The van der Waals surface area contributed by atoms with Gasteiger partial charge in [-0.1, -0.05) is 12.1 Å². The molecule has 1 rings (SSSR count). The molecule has 4 N–H and O–H groups in total. The van der Waals surface area contributed by atoms with Gasteiger partial charge in [-0.15, -0.1) is 0 Å². The summed E-state index contributed by atoms with van der Waals surface area (Å²) in [6.45, 7) is 2.06. The van der Waals surface area contributed by atoms with Crippen LogP contribution in [0.1, 0.15) is 26.2 Å². The van der Waals surface area contributed by atoms with Crippen LogP contribution in [0.4, 0.5) is 10.5 Å². The molecule has 6 nitrogen and oxygen atoms in total. The average Bonchev–Trinajstić information content (AvgIpc) is 2.42. The van der Waals surface area contributed by atoms with Crippen LogP contribution in [0, 0.1) is 0 Å². The van der Waals surface area contributed by atoms with Gasteiger partial charge in [-0.25, -0.2) is 9.59 Å². The number of unbranched alkanes of at least 4 members (excludes halogenated alkanes) is 2. The number of aliphatic carboxylic acids is 1. The van der Waals surface area contributed by atoms with Crippen LogP contribution in [0.3, 0.4) is 0 Å². The van der Waals surface area contributed by atoms with E-state index in [1.165, 1.54) is 12.1 Å². The molecule has 0 atom stereocenters. The molecule has 6 heteroatoms. The van der Waals surface area contributed by atoms with Gasteiger partial charge in [-0.3, -0.25) is 0 Å². The van der Waals surface area contributed by atoms with Crippen molar-refractivity contribution in [2.24, 2.45) is 0 Å². The number of amides is 2. The molecule has 0 aliphatic carbocycles. The minimum Gasteiger partial charge on any atom is -0.508 e. The molecule has 21 heavy (non-hydrogen) atoms. The van der Waals surface area contributed by atoms with Crippen LogP contribution in [0.2, 0.25) is 0 Å². The molecule has 0 fully saturated rings. The number of benzene rings is 1. The molecule has 0 spiro atoms. The Labute approximate surface area is 123 Å². The summed E-state index contributed by atoms with van der Waals surface area (Å²) in [5, 5.41) is 23.2. The van der Waals surface area contributed by atoms with Gasteiger partial charge in [0.25, 0.3) is 0 Å². The molecular formula is C15H20N2O4. The Morgan fingerprint density at radius 3 is 2.71 bits per heavy atom. The molecule has 1 aromatic rings. The largest absolute Gasteiger partial charge is 0.508 e. The summed E-state index contributed by atoms with van der Waals surface area (Å²) in [6.07, 6.45) is 3.91. The third kappa shape index (κ3) is 7.00. The molecule has 2 amide bonds. The van der Waals surface area contributed by atoms with Gasteiger partial charge in [0.2, 0.25) is 0 Å². The first-order valence-corrected chi connectivity index (χ1v) is 6.73. The third-order valence-electron chi connectivity index (χ3n) is 2.81. The summed E-state index contributed by atoms with van der Waals surface area (Å²) in [4.78, 5) is 22.1. The van der Waals surface area contributed by atoms with E-state index in [4.69, 9.17) is 5.11 Å². The van der Waals surface area contributed by atoms with Crippen LogP contribution in [0.5, 0.6) is 5.75 Å². The number of carboxylic acids is 1. The fourth-order valence-electron chi connectivity index (χ4n) is 1.64. The fourth-order valence-corrected chi connectivity index (χ4v) is 1.64. The van der Waals surface area contributed by atoms with E-state index in [0.29, 0.717) is 24.2 Å². The van der Waals surface area contributed by atoms with Crippen LogP contribution < -0.4 is 10.6 Å². The number of hydrogen-bond acceptors (Lipinski definition) is 3. The number of phenols is 1. The van der Waals surface area contributed by atoms with E-state index >= 15 is 0 Å².